The Morgan fingerprint density at radius 2 is 1.92 bits per heavy atom. The van der Waals surface area contributed by atoms with Gasteiger partial charge in [-0.3, -0.25) is 9.59 Å². The molecule has 2 amide bonds. The van der Waals surface area contributed by atoms with Gasteiger partial charge in [-0.25, -0.2) is 0 Å². The fourth-order valence-corrected chi connectivity index (χ4v) is 3.72. The quantitative estimate of drug-likeness (QED) is 0.694. The third-order valence-electron chi connectivity index (χ3n) is 4.86. The zero-order chi connectivity index (χ0) is 18.8. The van der Waals surface area contributed by atoms with Crippen LogP contribution in [0.2, 0.25) is 0 Å². The van der Waals surface area contributed by atoms with Gasteiger partial charge in [0.05, 0.1) is 0 Å². The average Bonchev–Trinajstić information content (AvgIpc) is 2.70. The summed E-state index contributed by atoms with van der Waals surface area (Å²) in [6.45, 7) is 5.70. The van der Waals surface area contributed by atoms with Crippen LogP contribution in [0.3, 0.4) is 0 Å². The van der Waals surface area contributed by atoms with Gasteiger partial charge in [0.25, 0.3) is 5.91 Å². The molecule has 1 aromatic rings. The molecule has 0 saturated carbocycles. The number of carbonyl (C=O) groups is 2. The molecule has 1 saturated heterocycles. The first-order chi connectivity index (χ1) is 12.7. The molecule has 5 nitrogen and oxygen atoms in total. The Kier molecular flexibility index (Phi) is 8.98. The fourth-order valence-electron chi connectivity index (χ4n) is 3.25. The van der Waals surface area contributed by atoms with E-state index < -0.39 is 6.04 Å². The van der Waals surface area contributed by atoms with Crippen LogP contribution in [0.1, 0.15) is 36.5 Å². The molecule has 144 valence electrons. The first kappa shape index (κ1) is 20.8. The summed E-state index contributed by atoms with van der Waals surface area (Å²) in [4.78, 5) is 27.4. The van der Waals surface area contributed by atoms with E-state index in [4.69, 9.17) is 0 Å². The van der Waals surface area contributed by atoms with Gasteiger partial charge in [0.2, 0.25) is 5.91 Å². The highest BCUT2D eigenvalue weighted by Gasteiger charge is 2.29. The number of nitrogens with one attached hydrogen (secondary N) is 2. The second kappa shape index (κ2) is 11.2. The van der Waals surface area contributed by atoms with Gasteiger partial charge in [-0.15, -0.1) is 0 Å². The third kappa shape index (κ3) is 6.32. The summed E-state index contributed by atoms with van der Waals surface area (Å²) in [6.07, 6.45) is 4.74. The van der Waals surface area contributed by atoms with Crippen molar-refractivity contribution < 1.29 is 9.59 Å². The molecule has 1 unspecified atom stereocenters. The maximum absolute atomic E-state index is 13.0. The summed E-state index contributed by atoms with van der Waals surface area (Å²) in [5, 5.41) is 6.35. The SMILES string of the molecule is CCNCC1CCN(C(=O)C(CCSC)NC(=O)c2ccccc2)CC1. The molecule has 0 aromatic heterocycles. The van der Waals surface area contributed by atoms with Crippen LogP contribution in [0.4, 0.5) is 0 Å². The Hall–Kier alpha value is -1.53. The number of rotatable bonds is 9. The molecule has 1 fully saturated rings. The normalized spacial score (nSPS) is 16.3. The molecule has 0 aliphatic carbocycles. The first-order valence-corrected chi connectivity index (χ1v) is 10.9. The van der Waals surface area contributed by atoms with E-state index in [-0.39, 0.29) is 11.8 Å². The molecular weight excluding hydrogens is 346 g/mol. The van der Waals surface area contributed by atoms with Crippen LogP contribution in [0.15, 0.2) is 30.3 Å². The van der Waals surface area contributed by atoms with E-state index in [0.717, 1.165) is 44.8 Å². The highest BCUT2D eigenvalue weighted by atomic mass is 32.2. The lowest BCUT2D eigenvalue weighted by Gasteiger charge is -2.34. The van der Waals surface area contributed by atoms with Gasteiger partial charge in [-0.2, -0.15) is 11.8 Å². The minimum Gasteiger partial charge on any atom is -0.341 e. The molecule has 0 bridgehead atoms. The molecule has 1 aliphatic rings. The Bertz CT molecular complexity index is 559. The van der Waals surface area contributed by atoms with Gasteiger partial charge in [0.1, 0.15) is 6.04 Å². The van der Waals surface area contributed by atoms with E-state index in [1.165, 1.54) is 0 Å². The van der Waals surface area contributed by atoms with Crippen molar-refractivity contribution in [2.75, 3.05) is 38.2 Å². The first-order valence-electron chi connectivity index (χ1n) is 9.50. The predicted octanol–water partition coefficient (Wildman–Crippen LogP) is 2.39. The molecule has 2 rings (SSSR count). The van der Waals surface area contributed by atoms with Gasteiger partial charge in [0.15, 0.2) is 0 Å². The molecule has 0 radical (unpaired) electrons. The molecule has 1 heterocycles. The number of hydrogen-bond donors (Lipinski definition) is 2. The smallest absolute Gasteiger partial charge is 0.251 e. The summed E-state index contributed by atoms with van der Waals surface area (Å²) in [5.74, 6) is 1.38. The molecule has 1 atom stereocenters. The second-order valence-corrected chi connectivity index (χ2v) is 7.74. The van der Waals surface area contributed by atoms with Crippen LogP contribution < -0.4 is 10.6 Å². The molecular formula is C20H31N3O2S. The van der Waals surface area contributed by atoms with E-state index in [1.54, 1.807) is 23.9 Å². The van der Waals surface area contributed by atoms with E-state index >= 15 is 0 Å². The molecule has 2 N–H and O–H groups in total. The van der Waals surface area contributed by atoms with Crippen LogP contribution in [0.5, 0.6) is 0 Å². The lowest BCUT2D eigenvalue weighted by molar-refractivity contribution is -0.134. The zero-order valence-corrected chi connectivity index (χ0v) is 16.7. The molecule has 26 heavy (non-hydrogen) atoms. The third-order valence-corrected chi connectivity index (χ3v) is 5.50. The van der Waals surface area contributed by atoms with Crippen molar-refractivity contribution in [1.29, 1.82) is 0 Å². The Morgan fingerprint density at radius 1 is 1.23 bits per heavy atom. The van der Waals surface area contributed by atoms with E-state index in [9.17, 15) is 9.59 Å². The number of nitrogens with zero attached hydrogens (tertiary/aromatic N) is 1. The lowest BCUT2D eigenvalue weighted by atomic mass is 9.96. The molecule has 0 spiro atoms. The van der Waals surface area contributed by atoms with Crippen molar-refractivity contribution in [2.24, 2.45) is 5.92 Å². The summed E-state index contributed by atoms with van der Waals surface area (Å²) >= 11 is 1.70. The summed E-state index contributed by atoms with van der Waals surface area (Å²) in [5.41, 5.74) is 0.596. The fraction of sp³-hybridized carbons (Fsp3) is 0.600. The molecule has 6 heteroatoms. The molecule has 1 aromatic carbocycles. The number of thioether (sulfide) groups is 1. The zero-order valence-electron chi connectivity index (χ0n) is 15.9. The maximum atomic E-state index is 13.0. The van der Waals surface area contributed by atoms with Gasteiger partial charge >= 0.3 is 0 Å². The van der Waals surface area contributed by atoms with Gasteiger partial charge in [0, 0.05) is 18.7 Å². The number of likely N-dealkylation sites (tertiary alicyclic amines) is 1. The number of hydrogen-bond acceptors (Lipinski definition) is 4. The van der Waals surface area contributed by atoms with Crippen molar-refractivity contribution in [3.8, 4) is 0 Å². The largest absolute Gasteiger partial charge is 0.341 e. The lowest BCUT2D eigenvalue weighted by Crippen LogP contribution is -2.51. The van der Waals surface area contributed by atoms with Gasteiger partial charge < -0.3 is 15.5 Å². The second-order valence-electron chi connectivity index (χ2n) is 6.75. The van der Waals surface area contributed by atoms with Crippen LogP contribution >= 0.6 is 11.8 Å². The monoisotopic (exact) mass is 377 g/mol. The Balaban J connectivity index is 1.93. The van der Waals surface area contributed by atoms with Gasteiger partial charge in [-0.1, -0.05) is 25.1 Å². The topological polar surface area (TPSA) is 61.4 Å². The van der Waals surface area contributed by atoms with Crippen molar-refractivity contribution in [3.63, 3.8) is 0 Å². The van der Waals surface area contributed by atoms with Crippen LogP contribution in [0.25, 0.3) is 0 Å². The minimum absolute atomic E-state index is 0.0604. The number of benzene rings is 1. The minimum atomic E-state index is -0.444. The Morgan fingerprint density at radius 3 is 2.54 bits per heavy atom. The predicted molar refractivity (Wildman–Crippen MR) is 109 cm³/mol. The highest BCUT2D eigenvalue weighted by Crippen LogP contribution is 2.18. The van der Waals surface area contributed by atoms with Crippen LogP contribution in [-0.4, -0.2) is 60.9 Å². The van der Waals surface area contributed by atoms with Gasteiger partial charge in [-0.05, 0) is 62.4 Å². The van der Waals surface area contributed by atoms with Crippen molar-refractivity contribution in [3.05, 3.63) is 35.9 Å². The Labute approximate surface area is 161 Å². The number of carbonyl (C=O) groups excluding carboxylic acids is 2. The van der Waals surface area contributed by atoms with Crippen molar-refractivity contribution in [2.45, 2.75) is 32.2 Å². The number of piperidine rings is 1. The standard InChI is InChI=1S/C20H31N3O2S/c1-3-21-15-16-9-12-23(13-10-16)20(25)18(11-14-26-2)22-19(24)17-7-5-4-6-8-17/h4-8,16,18,21H,3,9-15H2,1-2H3,(H,22,24). The summed E-state index contributed by atoms with van der Waals surface area (Å²) in [7, 11) is 0. The average molecular weight is 378 g/mol. The van der Waals surface area contributed by atoms with Crippen molar-refractivity contribution in [1.82, 2.24) is 15.5 Å². The highest BCUT2D eigenvalue weighted by molar-refractivity contribution is 7.98. The van der Waals surface area contributed by atoms with Crippen LogP contribution in [0, 0.1) is 5.92 Å². The number of amides is 2. The van der Waals surface area contributed by atoms with E-state index in [2.05, 4.69) is 17.6 Å². The van der Waals surface area contributed by atoms with E-state index in [0.29, 0.717) is 17.9 Å². The molecule has 1 aliphatic heterocycles. The summed E-state index contributed by atoms with van der Waals surface area (Å²) < 4.78 is 0. The summed E-state index contributed by atoms with van der Waals surface area (Å²) in [6, 6.07) is 8.66. The van der Waals surface area contributed by atoms with E-state index in [1.807, 2.05) is 29.4 Å². The van der Waals surface area contributed by atoms with Crippen molar-refractivity contribution >= 4 is 23.6 Å². The maximum Gasteiger partial charge on any atom is 0.251 e. The van der Waals surface area contributed by atoms with Crippen LogP contribution in [-0.2, 0) is 4.79 Å².